The van der Waals surface area contributed by atoms with Gasteiger partial charge in [-0.3, -0.25) is 9.69 Å². The fourth-order valence-corrected chi connectivity index (χ4v) is 4.04. The minimum absolute atomic E-state index is 0.101. The molecule has 2 aromatic rings. The molecule has 6 heteroatoms. The summed E-state index contributed by atoms with van der Waals surface area (Å²) in [5.41, 5.74) is 4.62. The van der Waals surface area contributed by atoms with Gasteiger partial charge in [-0.05, 0) is 61.9 Å². The first-order valence-electron chi connectivity index (χ1n) is 11.3. The lowest BCUT2D eigenvalue weighted by Gasteiger charge is -2.33. The van der Waals surface area contributed by atoms with Crippen LogP contribution in [0, 0.1) is 5.92 Å². The molecule has 2 aliphatic rings. The van der Waals surface area contributed by atoms with Crippen molar-refractivity contribution in [2.75, 3.05) is 18.4 Å². The molecule has 0 radical (unpaired) electrons. The fourth-order valence-electron chi connectivity index (χ4n) is 4.04. The Morgan fingerprint density at radius 3 is 2.45 bits per heavy atom. The molecule has 0 aromatic heterocycles. The van der Waals surface area contributed by atoms with E-state index in [1.54, 1.807) is 0 Å². The second-order valence-corrected chi connectivity index (χ2v) is 8.80. The van der Waals surface area contributed by atoms with Crippen molar-refractivity contribution >= 4 is 17.6 Å². The second-order valence-electron chi connectivity index (χ2n) is 8.80. The first kappa shape index (κ1) is 21.4. The van der Waals surface area contributed by atoms with Crippen molar-refractivity contribution in [2.45, 2.75) is 51.7 Å². The molecule has 1 heterocycles. The first-order valence-corrected chi connectivity index (χ1v) is 11.3. The van der Waals surface area contributed by atoms with E-state index >= 15 is 0 Å². The Hall–Kier alpha value is -2.86. The zero-order chi connectivity index (χ0) is 21.8. The quantitative estimate of drug-likeness (QED) is 0.637. The van der Waals surface area contributed by atoms with E-state index in [0.29, 0.717) is 6.54 Å². The molecule has 0 unspecified atom stereocenters. The number of urea groups is 1. The lowest BCUT2D eigenvalue weighted by atomic mass is 9.99. The van der Waals surface area contributed by atoms with Crippen LogP contribution in [-0.4, -0.2) is 36.0 Å². The lowest BCUT2D eigenvalue weighted by Crippen LogP contribution is -2.47. The Balaban J connectivity index is 1.21. The van der Waals surface area contributed by atoms with Crippen LogP contribution in [0.1, 0.15) is 49.4 Å². The molecule has 31 heavy (non-hydrogen) atoms. The summed E-state index contributed by atoms with van der Waals surface area (Å²) in [6.07, 6.45) is 3.04. The Morgan fingerprint density at radius 1 is 1.03 bits per heavy atom. The van der Waals surface area contributed by atoms with Gasteiger partial charge in [0.15, 0.2) is 0 Å². The van der Waals surface area contributed by atoms with Crippen LogP contribution < -0.4 is 16.0 Å². The van der Waals surface area contributed by atoms with Crippen LogP contribution >= 0.6 is 0 Å². The maximum Gasteiger partial charge on any atom is 0.315 e. The smallest absolute Gasteiger partial charge is 0.315 e. The van der Waals surface area contributed by atoms with Gasteiger partial charge in [-0.25, -0.2) is 4.79 Å². The van der Waals surface area contributed by atoms with Gasteiger partial charge in [-0.2, -0.15) is 0 Å². The molecule has 1 aliphatic heterocycles. The largest absolute Gasteiger partial charge is 0.337 e. The summed E-state index contributed by atoms with van der Waals surface area (Å²) in [6, 6.07) is 16.2. The Morgan fingerprint density at radius 2 is 1.74 bits per heavy atom. The Bertz CT molecular complexity index is 923. The van der Waals surface area contributed by atoms with Crippen LogP contribution in [0.15, 0.2) is 48.5 Å². The summed E-state index contributed by atoms with van der Waals surface area (Å²) in [5.74, 6) is 0.288. The number of rotatable bonds is 7. The maximum absolute atomic E-state index is 12.4. The number of anilines is 1. The summed E-state index contributed by atoms with van der Waals surface area (Å²) in [5, 5.41) is 8.95. The van der Waals surface area contributed by atoms with Gasteiger partial charge in [-0.1, -0.05) is 36.4 Å². The average Bonchev–Trinajstić information content (AvgIpc) is 3.63. The van der Waals surface area contributed by atoms with Gasteiger partial charge in [0.05, 0.1) is 6.04 Å². The highest BCUT2D eigenvalue weighted by Crippen LogP contribution is 2.30. The third kappa shape index (κ3) is 5.64. The van der Waals surface area contributed by atoms with E-state index in [9.17, 15) is 9.59 Å². The Kier molecular flexibility index (Phi) is 6.56. The van der Waals surface area contributed by atoms with E-state index in [0.717, 1.165) is 43.6 Å². The van der Waals surface area contributed by atoms with Crippen LogP contribution in [0.25, 0.3) is 0 Å². The van der Waals surface area contributed by atoms with Crippen molar-refractivity contribution in [3.8, 4) is 0 Å². The lowest BCUT2D eigenvalue weighted by molar-refractivity contribution is -0.117. The number of nitrogens with zero attached hydrogens (tertiary/aromatic N) is 1. The molecule has 2 aromatic carbocycles. The molecule has 3 N–H and O–H groups in total. The first-order chi connectivity index (χ1) is 15.0. The number of benzene rings is 2. The van der Waals surface area contributed by atoms with Crippen molar-refractivity contribution in [3.05, 3.63) is 65.2 Å². The number of fused-ring (bicyclic) bond motifs is 1. The second kappa shape index (κ2) is 9.52. The van der Waals surface area contributed by atoms with E-state index in [-0.39, 0.29) is 29.9 Å². The number of carbonyl (C=O) groups excluding carboxylic acids is 2. The number of hydrogen-bond donors (Lipinski definition) is 3. The molecular formula is C25H32N4O2. The summed E-state index contributed by atoms with van der Waals surface area (Å²) < 4.78 is 0. The van der Waals surface area contributed by atoms with Gasteiger partial charge in [0.1, 0.15) is 0 Å². The number of hydrogen-bond acceptors (Lipinski definition) is 3. The van der Waals surface area contributed by atoms with Crippen molar-refractivity contribution < 1.29 is 9.59 Å². The third-order valence-electron chi connectivity index (χ3n) is 6.32. The third-order valence-corrected chi connectivity index (χ3v) is 6.32. The van der Waals surface area contributed by atoms with Crippen molar-refractivity contribution in [3.63, 3.8) is 0 Å². The topological polar surface area (TPSA) is 73.5 Å². The highest BCUT2D eigenvalue weighted by Gasteiger charge is 2.29. The zero-order valence-corrected chi connectivity index (χ0v) is 18.4. The molecule has 2 atom stereocenters. The Labute approximate surface area is 184 Å². The molecule has 1 fully saturated rings. The van der Waals surface area contributed by atoms with Crippen molar-refractivity contribution in [1.29, 1.82) is 0 Å². The van der Waals surface area contributed by atoms with Crippen LogP contribution in [0.5, 0.6) is 0 Å². The molecule has 0 saturated heterocycles. The summed E-state index contributed by atoms with van der Waals surface area (Å²) >= 11 is 0. The SMILES string of the molecule is C[C@H](NC(=O)NC[C@@H](C)N1CCc2ccccc2C1)c1ccc(NC(=O)C2CC2)cc1. The van der Waals surface area contributed by atoms with Crippen LogP contribution in [-0.2, 0) is 17.8 Å². The highest BCUT2D eigenvalue weighted by atomic mass is 16.2. The van der Waals surface area contributed by atoms with E-state index in [1.807, 2.05) is 31.2 Å². The minimum atomic E-state index is -0.164. The van der Waals surface area contributed by atoms with Crippen LogP contribution in [0.2, 0.25) is 0 Å². The molecule has 0 spiro atoms. The number of amides is 3. The number of carbonyl (C=O) groups is 2. The van der Waals surface area contributed by atoms with E-state index in [4.69, 9.17) is 0 Å². The monoisotopic (exact) mass is 420 g/mol. The van der Waals surface area contributed by atoms with Crippen LogP contribution in [0.3, 0.4) is 0 Å². The predicted molar refractivity (Wildman–Crippen MR) is 123 cm³/mol. The summed E-state index contributed by atoms with van der Waals surface area (Å²) in [7, 11) is 0. The summed E-state index contributed by atoms with van der Waals surface area (Å²) in [4.78, 5) is 26.7. The van der Waals surface area contributed by atoms with Gasteiger partial charge < -0.3 is 16.0 Å². The standard InChI is InChI=1S/C25H32N4O2/c1-17(29-14-13-20-5-3-4-6-22(20)16-29)15-26-25(31)27-18(2)19-9-11-23(12-10-19)28-24(30)21-7-8-21/h3-6,9-12,17-18,21H,7-8,13-16H2,1-2H3,(H,28,30)(H2,26,27,31)/t17-,18+/m1/s1. The van der Waals surface area contributed by atoms with Gasteiger partial charge in [0, 0.05) is 37.3 Å². The summed E-state index contributed by atoms with van der Waals surface area (Å²) in [6.45, 7) is 6.67. The van der Waals surface area contributed by atoms with Gasteiger partial charge >= 0.3 is 6.03 Å². The molecule has 3 amide bonds. The van der Waals surface area contributed by atoms with Crippen molar-refractivity contribution in [2.24, 2.45) is 5.92 Å². The molecule has 6 nitrogen and oxygen atoms in total. The van der Waals surface area contributed by atoms with E-state index in [2.05, 4.69) is 52.0 Å². The molecule has 164 valence electrons. The zero-order valence-electron chi connectivity index (χ0n) is 18.4. The number of nitrogens with one attached hydrogen (secondary N) is 3. The highest BCUT2D eigenvalue weighted by molar-refractivity contribution is 5.94. The molecule has 1 saturated carbocycles. The van der Waals surface area contributed by atoms with Gasteiger partial charge in [-0.15, -0.1) is 0 Å². The maximum atomic E-state index is 12.4. The fraction of sp³-hybridized carbons (Fsp3) is 0.440. The average molecular weight is 421 g/mol. The van der Waals surface area contributed by atoms with E-state index < -0.39 is 0 Å². The van der Waals surface area contributed by atoms with Gasteiger partial charge in [0.25, 0.3) is 0 Å². The molecule has 4 rings (SSSR count). The normalized spacial score (nSPS) is 17.9. The molecule has 0 bridgehead atoms. The van der Waals surface area contributed by atoms with Gasteiger partial charge in [0.2, 0.25) is 5.91 Å². The van der Waals surface area contributed by atoms with Crippen molar-refractivity contribution in [1.82, 2.24) is 15.5 Å². The molecule has 1 aliphatic carbocycles. The van der Waals surface area contributed by atoms with Crippen LogP contribution in [0.4, 0.5) is 10.5 Å². The minimum Gasteiger partial charge on any atom is -0.337 e. The predicted octanol–water partition coefficient (Wildman–Crippen LogP) is 3.84. The molecular weight excluding hydrogens is 388 g/mol. The van der Waals surface area contributed by atoms with E-state index in [1.165, 1.54) is 11.1 Å².